The number of methoxy groups -OCH3 is 1. The number of hydrogen-bond acceptors (Lipinski definition) is 5. The Kier molecular flexibility index (Phi) is 5.53. The van der Waals surface area contributed by atoms with Gasteiger partial charge in [0.05, 0.1) is 32.1 Å². The Morgan fingerprint density at radius 2 is 2.17 bits per heavy atom. The number of ether oxygens (including phenoxy) is 1. The second-order valence-electron chi connectivity index (χ2n) is 4.84. The van der Waals surface area contributed by atoms with Gasteiger partial charge in [-0.1, -0.05) is 23.9 Å². The number of carbonyl (C=O) groups excluding carboxylic acids is 1. The van der Waals surface area contributed by atoms with Crippen molar-refractivity contribution < 1.29 is 9.53 Å². The van der Waals surface area contributed by atoms with E-state index >= 15 is 0 Å². The van der Waals surface area contributed by atoms with Crippen LogP contribution in [0.4, 0.5) is 0 Å². The fourth-order valence-corrected chi connectivity index (χ4v) is 4.57. The molecule has 0 fully saturated rings. The highest BCUT2D eigenvalue weighted by Crippen LogP contribution is 2.27. The van der Waals surface area contributed by atoms with E-state index in [4.69, 9.17) is 4.74 Å². The van der Waals surface area contributed by atoms with E-state index in [0.717, 1.165) is 31.4 Å². The van der Waals surface area contributed by atoms with E-state index in [0.29, 0.717) is 12.4 Å². The lowest BCUT2D eigenvalue weighted by Crippen LogP contribution is -2.07. The molecule has 3 rings (SSSR count). The van der Waals surface area contributed by atoms with E-state index in [9.17, 15) is 4.79 Å². The van der Waals surface area contributed by atoms with Gasteiger partial charge in [0.25, 0.3) is 0 Å². The Bertz CT molecular complexity index is 828. The van der Waals surface area contributed by atoms with Crippen LogP contribution in [0.15, 0.2) is 45.3 Å². The monoisotopic (exact) mass is 410 g/mol. The minimum Gasteiger partial charge on any atom is -0.383 e. The van der Waals surface area contributed by atoms with Gasteiger partial charge in [0, 0.05) is 13.7 Å². The summed E-state index contributed by atoms with van der Waals surface area (Å²) >= 11 is 6.32. The van der Waals surface area contributed by atoms with Crippen molar-refractivity contribution in [2.45, 2.75) is 11.7 Å². The van der Waals surface area contributed by atoms with Crippen LogP contribution < -0.4 is 0 Å². The number of ketones is 1. The molecule has 0 bridgehead atoms. The first-order chi connectivity index (χ1) is 11.2. The van der Waals surface area contributed by atoms with Crippen LogP contribution in [0.3, 0.4) is 0 Å². The number of nitrogens with zero attached hydrogens (tertiary/aromatic N) is 2. The Labute approximate surface area is 151 Å². The number of carbonyl (C=O) groups is 1. The number of imidazole rings is 1. The van der Waals surface area contributed by atoms with Gasteiger partial charge in [0.2, 0.25) is 0 Å². The molecule has 0 aliphatic heterocycles. The van der Waals surface area contributed by atoms with Crippen LogP contribution in [0, 0.1) is 0 Å². The summed E-state index contributed by atoms with van der Waals surface area (Å²) in [5.74, 6) is 0.500. The molecular formula is C16H15BrN2O2S2. The zero-order valence-corrected chi connectivity index (χ0v) is 15.7. The van der Waals surface area contributed by atoms with Crippen molar-refractivity contribution in [3.63, 3.8) is 0 Å². The number of Topliss-reactive ketones (excluding diaryl/α,β-unsaturated/α-hetero) is 1. The number of thiophene rings is 1. The minimum atomic E-state index is 0.121. The van der Waals surface area contributed by atoms with Gasteiger partial charge in [-0.2, -0.15) is 0 Å². The highest BCUT2D eigenvalue weighted by atomic mass is 79.9. The number of benzene rings is 1. The number of para-hydroxylation sites is 2. The molecule has 0 N–H and O–H groups in total. The van der Waals surface area contributed by atoms with Crippen molar-refractivity contribution in [2.24, 2.45) is 0 Å². The predicted molar refractivity (Wildman–Crippen MR) is 98.7 cm³/mol. The third kappa shape index (κ3) is 3.85. The zero-order valence-electron chi connectivity index (χ0n) is 12.5. The maximum absolute atomic E-state index is 12.3. The van der Waals surface area contributed by atoms with E-state index in [1.807, 2.05) is 36.4 Å². The Balaban J connectivity index is 1.80. The van der Waals surface area contributed by atoms with Crippen LogP contribution in [0.5, 0.6) is 0 Å². The van der Waals surface area contributed by atoms with Crippen LogP contribution in [0.2, 0.25) is 0 Å². The third-order valence-electron chi connectivity index (χ3n) is 3.32. The first kappa shape index (κ1) is 16.7. The molecule has 2 heterocycles. The predicted octanol–water partition coefficient (Wildman–Crippen LogP) is 4.48. The van der Waals surface area contributed by atoms with Gasteiger partial charge in [0.15, 0.2) is 10.9 Å². The van der Waals surface area contributed by atoms with E-state index in [1.54, 1.807) is 7.11 Å². The molecule has 0 aliphatic rings. The van der Waals surface area contributed by atoms with Crippen molar-refractivity contribution in [1.29, 1.82) is 0 Å². The van der Waals surface area contributed by atoms with Gasteiger partial charge in [-0.15, -0.1) is 11.3 Å². The third-order valence-corrected chi connectivity index (χ3v) is 5.96. The van der Waals surface area contributed by atoms with Crippen molar-refractivity contribution in [2.75, 3.05) is 19.5 Å². The first-order valence-corrected chi connectivity index (χ1v) is 9.64. The van der Waals surface area contributed by atoms with Gasteiger partial charge in [0.1, 0.15) is 0 Å². The smallest absolute Gasteiger partial charge is 0.183 e. The van der Waals surface area contributed by atoms with E-state index < -0.39 is 0 Å². The van der Waals surface area contributed by atoms with Crippen LogP contribution in [-0.4, -0.2) is 34.8 Å². The van der Waals surface area contributed by atoms with Gasteiger partial charge in [-0.05, 0) is 40.2 Å². The Morgan fingerprint density at radius 1 is 1.35 bits per heavy atom. The van der Waals surface area contributed by atoms with Crippen molar-refractivity contribution in [3.05, 3.63) is 45.1 Å². The van der Waals surface area contributed by atoms with Gasteiger partial charge < -0.3 is 9.30 Å². The molecule has 0 spiro atoms. The lowest BCUT2D eigenvalue weighted by atomic mass is 10.3. The summed E-state index contributed by atoms with van der Waals surface area (Å²) in [6.07, 6.45) is 0. The Hall–Kier alpha value is -1.15. The van der Waals surface area contributed by atoms with Gasteiger partial charge >= 0.3 is 0 Å². The summed E-state index contributed by atoms with van der Waals surface area (Å²) in [4.78, 5) is 17.7. The lowest BCUT2D eigenvalue weighted by molar-refractivity contribution is 0.102. The summed E-state index contributed by atoms with van der Waals surface area (Å²) in [6.45, 7) is 1.33. The molecule has 0 saturated carbocycles. The number of hydrogen-bond donors (Lipinski definition) is 0. The second kappa shape index (κ2) is 7.61. The van der Waals surface area contributed by atoms with Crippen molar-refractivity contribution >= 4 is 55.8 Å². The normalized spacial score (nSPS) is 11.2. The number of aromatic nitrogens is 2. The molecule has 2 aromatic heterocycles. The summed E-state index contributed by atoms with van der Waals surface area (Å²) in [5, 5.41) is 0.854. The van der Waals surface area contributed by atoms with Crippen LogP contribution in [0.25, 0.3) is 11.0 Å². The maximum atomic E-state index is 12.3. The molecule has 0 radical (unpaired) electrons. The molecule has 0 saturated heterocycles. The van der Waals surface area contributed by atoms with E-state index in [2.05, 4.69) is 25.5 Å². The van der Waals surface area contributed by atoms with Crippen molar-refractivity contribution in [1.82, 2.24) is 9.55 Å². The summed E-state index contributed by atoms with van der Waals surface area (Å²) < 4.78 is 8.27. The molecule has 23 heavy (non-hydrogen) atoms. The molecule has 1 aromatic carbocycles. The summed E-state index contributed by atoms with van der Waals surface area (Å²) in [5.41, 5.74) is 2.01. The molecule has 0 unspecified atom stereocenters. The highest BCUT2D eigenvalue weighted by molar-refractivity contribution is 9.11. The Morgan fingerprint density at radius 3 is 2.91 bits per heavy atom. The second-order valence-corrected chi connectivity index (χ2v) is 8.25. The molecule has 4 nitrogen and oxygen atoms in total. The molecule has 120 valence electrons. The summed E-state index contributed by atoms with van der Waals surface area (Å²) in [6, 6.07) is 11.7. The van der Waals surface area contributed by atoms with Crippen LogP contribution >= 0.6 is 39.0 Å². The molecular weight excluding hydrogens is 396 g/mol. The van der Waals surface area contributed by atoms with Crippen LogP contribution in [0.1, 0.15) is 9.67 Å². The fraction of sp³-hybridized carbons (Fsp3) is 0.250. The number of rotatable bonds is 7. The van der Waals surface area contributed by atoms with Gasteiger partial charge in [-0.3, -0.25) is 4.79 Å². The highest BCUT2D eigenvalue weighted by Gasteiger charge is 2.14. The maximum Gasteiger partial charge on any atom is 0.183 e. The molecule has 3 aromatic rings. The fourth-order valence-electron chi connectivity index (χ4n) is 2.23. The minimum absolute atomic E-state index is 0.121. The molecule has 0 aliphatic carbocycles. The molecule has 0 atom stereocenters. The largest absolute Gasteiger partial charge is 0.383 e. The van der Waals surface area contributed by atoms with E-state index in [-0.39, 0.29) is 5.78 Å². The van der Waals surface area contributed by atoms with Gasteiger partial charge in [-0.25, -0.2) is 4.98 Å². The quantitative estimate of drug-likeness (QED) is 0.425. The van der Waals surface area contributed by atoms with Crippen LogP contribution in [-0.2, 0) is 11.3 Å². The molecule has 7 heteroatoms. The summed E-state index contributed by atoms with van der Waals surface area (Å²) in [7, 11) is 1.68. The zero-order chi connectivity index (χ0) is 16.2. The average Bonchev–Trinajstić information content (AvgIpc) is 3.14. The molecule has 0 amide bonds. The number of halogens is 1. The number of thioether (sulfide) groups is 1. The topological polar surface area (TPSA) is 44.1 Å². The number of fused-ring (bicyclic) bond motifs is 1. The first-order valence-electron chi connectivity index (χ1n) is 7.04. The standard InChI is InChI=1S/C16H15BrN2O2S2/c1-21-9-8-19-12-5-3-2-4-11(12)18-16(19)22-10-13(20)14-6-7-15(17)23-14/h2-7H,8-10H2,1H3. The lowest BCUT2D eigenvalue weighted by Gasteiger charge is -2.07. The SMILES string of the molecule is COCCn1c(SCC(=O)c2ccc(Br)s2)nc2ccccc21. The average molecular weight is 411 g/mol. The van der Waals surface area contributed by atoms with Crippen molar-refractivity contribution in [3.8, 4) is 0 Å². The van der Waals surface area contributed by atoms with E-state index in [1.165, 1.54) is 23.1 Å².